The number of thiophene rings is 1. The molecular formula is C17H17N3OS. The number of nitrogens with one attached hydrogen (secondary N) is 1. The summed E-state index contributed by atoms with van der Waals surface area (Å²) in [6.45, 7) is 4.38. The zero-order valence-corrected chi connectivity index (χ0v) is 13.2. The van der Waals surface area contributed by atoms with Crippen LogP contribution in [0.25, 0.3) is 10.1 Å². The minimum atomic E-state index is 0.0172. The van der Waals surface area contributed by atoms with Crippen molar-refractivity contribution in [2.24, 2.45) is 0 Å². The molecule has 0 saturated carbocycles. The van der Waals surface area contributed by atoms with E-state index < -0.39 is 0 Å². The highest BCUT2D eigenvalue weighted by molar-refractivity contribution is 7.19. The third-order valence-corrected chi connectivity index (χ3v) is 5.22. The number of fused-ring (bicyclic) bond motifs is 2. The summed E-state index contributed by atoms with van der Waals surface area (Å²) in [5.74, 6) is 0.710. The Morgan fingerprint density at radius 2 is 2.23 bits per heavy atom. The zero-order valence-electron chi connectivity index (χ0n) is 12.4. The van der Waals surface area contributed by atoms with Crippen molar-refractivity contribution in [3.8, 4) is 0 Å². The smallest absolute Gasteiger partial charge is 0.255 e. The Bertz CT molecular complexity index is 863. The SMILES string of the molecule is Cc1nc2c(c(=O)[nH]1)CN(Cc1cc3ccccc3s1)CC2. The molecule has 3 aromatic rings. The van der Waals surface area contributed by atoms with Crippen molar-refractivity contribution in [2.45, 2.75) is 26.4 Å². The van der Waals surface area contributed by atoms with E-state index in [1.807, 2.05) is 18.3 Å². The van der Waals surface area contributed by atoms with Gasteiger partial charge in [0.1, 0.15) is 5.82 Å². The molecular weight excluding hydrogens is 294 g/mol. The second-order valence-corrected chi connectivity index (χ2v) is 6.96. The molecule has 22 heavy (non-hydrogen) atoms. The Hall–Kier alpha value is -1.98. The topological polar surface area (TPSA) is 49.0 Å². The highest BCUT2D eigenvalue weighted by Crippen LogP contribution is 2.27. The predicted octanol–water partition coefficient (Wildman–Crippen LogP) is 2.85. The van der Waals surface area contributed by atoms with Crippen molar-refractivity contribution in [1.29, 1.82) is 0 Å². The lowest BCUT2D eigenvalue weighted by atomic mass is 10.1. The summed E-state index contributed by atoms with van der Waals surface area (Å²) in [6.07, 6.45) is 0.852. The van der Waals surface area contributed by atoms with Crippen LogP contribution in [0.2, 0.25) is 0 Å². The second kappa shape index (κ2) is 5.34. The van der Waals surface area contributed by atoms with E-state index in [-0.39, 0.29) is 5.56 Å². The summed E-state index contributed by atoms with van der Waals surface area (Å²) in [6, 6.07) is 10.7. The van der Waals surface area contributed by atoms with E-state index in [2.05, 4.69) is 45.2 Å². The minimum Gasteiger partial charge on any atom is -0.310 e. The molecule has 0 unspecified atom stereocenters. The molecule has 0 amide bonds. The molecule has 3 heterocycles. The Balaban J connectivity index is 1.58. The molecule has 0 atom stereocenters. The number of aryl methyl sites for hydroxylation is 1. The number of benzene rings is 1. The van der Waals surface area contributed by atoms with Gasteiger partial charge in [-0.3, -0.25) is 9.69 Å². The average molecular weight is 311 g/mol. The van der Waals surface area contributed by atoms with Crippen LogP contribution in [0.1, 0.15) is 22.0 Å². The number of hydrogen-bond acceptors (Lipinski definition) is 4. The monoisotopic (exact) mass is 311 g/mol. The van der Waals surface area contributed by atoms with Gasteiger partial charge in [0.05, 0.1) is 11.3 Å². The molecule has 112 valence electrons. The predicted molar refractivity (Wildman–Crippen MR) is 89.2 cm³/mol. The average Bonchev–Trinajstić information content (AvgIpc) is 2.90. The molecule has 2 aromatic heterocycles. The fourth-order valence-electron chi connectivity index (χ4n) is 3.08. The minimum absolute atomic E-state index is 0.0172. The molecule has 4 nitrogen and oxygen atoms in total. The van der Waals surface area contributed by atoms with Crippen molar-refractivity contribution in [2.75, 3.05) is 6.54 Å². The number of H-pyrrole nitrogens is 1. The van der Waals surface area contributed by atoms with Crippen molar-refractivity contribution in [3.63, 3.8) is 0 Å². The van der Waals surface area contributed by atoms with Gasteiger partial charge in [0.25, 0.3) is 5.56 Å². The molecule has 5 heteroatoms. The first-order chi connectivity index (χ1) is 10.7. The maximum absolute atomic E-state index is 12.1. The molecule has 0 aliphatic carbocycles. The first-order valence-electron chi connectivity index (χ1n) is 7.47. The van der Waals surface area contributed by atoms with Crippen LogP contribution in [-0.4, -0.2) is 21.4 Å². The summed E-state index contributed by atoms with van der Waals surface area (Å²) < 4.78 is 1.32. The number of hydrogen-bond donors (Lipinski definition) is 1. The molecule has 1 aliphatic heterocycles. The van der Waals surface area contributed by atoms with Crippen LogP contribution in [0.15, 0.2) is 35.1 Å². The third-order valence-electron chi connectivity index (χ3n) is 4.12. The van der Waals surface area contributed by atoms with Crippen molar-refractivity contribution < 1.29 is 0 Å². The largest absolute Gasteiger partial charge is 0.310 e. The molecule has 0 fully saturated rings. The Kier molecular flexibility index (Phi) is 3.32. The Morgan fingerprint density at radius 3 is 3.09 bits per heavy atom. The van der Waals surface area contributed by atoms with Crippen LogP contribution in [0.4, 0.5) is 0 Å². The highest BCUT2D eigenvalue weighted by atomic mass is 32.1. The summed E-state index contributed by atoms with van der Waals surface area (Å²) in [7, 11) is 0. The van der Waals surface area contributed by atoms with Gasteiger partial charge in [-0.2, -0.15) is 0 Å². The molecule has 1 N–H and O–H groups in total. The van der Waals surface area contributed by atoms with Crippen molar-refractivity contribution >= 4 is 21.4 Å². The van der Waals surface area contributed by atoms with Crippen LogP contribution in [0.5, 0.6) is 0 Å². The number of nitrogens with zero attached hydrogens (tertiary/aromatic N) is 2. The van der Waals surface area contributed by atoms with Crippen LogP contribution in [-0.2, 0) is 19.5 Å². The molecule has 4 rings (SSSR count). The van der Waals surface area contributed by atoms with Crippen LogP contribution >= 0.6 is 11.3 Å². The van der Waals surface area contributed by atoms with E-state index in [1.165, 1.54) is 15.0 Å². The lowest BCUT2D eigenvalue weighted by Crippen LogP contribution is -2.35. The summed E-state index contributed by atoms with van der Waals surface area (Å²) in [5, 5.41) is 1.30. The number of aromatic nitrogens is 2. The van der Waals surface area contributed by atoms with E-state index in [9.17, 15) is 4.79 Å². The van der Waals surface area contributed by atoms with E-state index >= 15 is 0 Å². The second-order valence-electron chi connectivity index (χ2n) is 5.79. The van der Waals surface area contributed by atoms with Crippen LogP contribution < -0.4 is 5.56 Å². The summed E-state index contributed by atoms with van der Waals surface area (Å²) in [5.41, 5.74) is 1.82. The third kappa shape index (κ3) is 2.46. The summed E-state index contributed by atoms with van der Waals surface area (Å²) in [4.78, 5) is 23.1. The normalized spacial score (nSPS) is 15.1. The zero-order chi connectivity index (χ0) is 15.1. The quantitative estimate of drug-likeness (QED) is 0.792. The van der Waals surface area contributed by atoms with E-state index in [1.54, 1.807) is 0 Å². The maximum atomic E-state index is 12.1. The molecule has 0 spiro atoms. The Morgan fingerprint density at radius 1 is 1.36 bits per heavy atom. The van der Waals surface area contributed by atoms with Crippen LogP contribution in [0.3, 0.4) is 0 Å². The lowest BCUT2D eigenvalue weighted by molar-refractivity contribution is 0.243. The molecule has 0 radical (unpaired) electrons. The van der Waals surface area contributed by atoms with Gasteiger partial charge in [0, 0.05) is 35.6 Å². The standard InChI is InChI=1S/C17H17N3OS/c1-11-18-15-6-7-20(10-14(15)17(21)19-11)9-13-8-12-4-2-3-5-16(12)22-13/h2-5,8H,6-7,9-10H2,1H3,(H,18,19,21). The first-order valence-corrected chi connectivity index (χ1v) is 8.29. The highest BCUT2D eigenvalue weighted by Gasteiger charge is 2.21. The van der Waals surface area contributed by atoms with Crippen molar-refractivity contribution in [3.05, 3.63) is 62.6 Å². The van der Waals surface area contributed by atoms with Gasteiger partial charge in [0.15, 0.2) is 0 Å². The van der Waals surface area contributed by atoms with Gasteiger partial charge < -0.3 is 4.98 Å². The fourth-order valence-corrected chi connectivity index (χ4v) is 4.18. The number of rotatable bonds is 2. The van der Waals surface area contributed by atoms with Gasteiger partial charge in [-0.25, -0.2) is 4.98 Å². The van der Waals surface area contributed by atoms with E-state index in [4.69, 9.17) is 0 Å². The van der Waals surface area contributed by atoms with Gasteiger partial charge in [-0.1, -0.05) is 18.2 Å². The first kappa shape index (κ1) is 13.7. The van der Waals surface area contributed by atoms with Gasteiger partial charge >= 0.3 is 0 Å². The lowest BCUT2D eigenvalue weighted by Gasteiger charge is -2.27. The molecule has 1 aliphatic rings. The Labute approximate surface area is 132 Å². The van der Waals surface area contributed by atoms with Gasteiger partial charge in [-0.05, 0) is 24.4 Å². The van der Waals surface area contributed by atoms with Crippen LogP contribution in [0, 0.1) is 6.92 Å². The maximum Gasteiger partial charge on any atom is 0.255 e. The molecule has 1 aromatic carbocycles. The van der Waals surface area contributed by atoms with Gasteiger partial charge in [0.2, 0.25) is 0 Å². The van der Waals surface area contributed by atoms with E-state index in [0.29, 0.717) is 12.4 Å². The van der Waals surface area contributed by atoms with E-state index in [0.717, 1.165) is 30.8 Å². The van der Waals surface area contributed by atoms with Gasteiger partial charge in [-0.15, -0.1) is 11.3 Å². The number of aromatic amines is 1. The van der Waals surface area contributed by atoms with Crippen molar-refractivity contribution in [1.82, 2.24) is 14.9 Å². The fraction of sp³-hybridized carbons (Fsp3) is 0.294. The summed E-state index contributed by atoms with van der Waals surface area (Å²) >= 11 is 1.84. The molecule has 0 bridgehead atoms. The molecule has 0 saturated heterocycles.